The minimum Gasteiger partial charge on any atom is -0.396 e. The van der Waals surface area contributed by atoms with Gasteiger partial charge in [0.15, 0.2) is 0 Å². The highest BCUT2D eigenvalue weighted by Gasteiger charge is 2.22. The second kappa shape index (κ2) is 5.35. The lowest BCUT2D eigenvalue weighted by Crippen LogP contribution is -2.28. The first-order valence-electron chi connectivity index (χ1n) is 5.11. The van der Waals surface area contributed by atoms with Crippen molar-refractivity contribution in [3.05, 3.63) is 0 Å². The van der Waals surface area contributed by atoms with Crippen molar-refractivity contribution < 1.29 is 9.90 Å². The van der Waals surface area contributed by atoms with Crippen LogP contribution in [-0.2, 0) is 4.79 Å². The van der Waals surface area contributed by atoms with E-state index >= 15 is 0 Å². The lowest BCUT2D eigenvalue weighted by atomic mass is 10.1. The summed E-state index contributed by atoms with van der Waals surface area (Å²) in [6, 6.07) is 0. The van der Waals surface area contributed by atoms with Gasteiger partial charge < -0.3 is 5.11 Å². The molecule has 0 amide bonds. The van der Waals surface area contributed by atoms with E-state index in [9.17, 15) is 4.79 Å². The van der Waals surface area contributed by atoms with Gasteiger partial charge in [-0.25, -0.2) is 0 Å². The van der Waals surface area contributed by atoms with Gasteiger partial charge >= 0.3 is 0 Å². The Morgan fingerprint density at radius 1 is 1.62 bits per heavy atom. The third-order valence-corrected chi connectivity index (χ3v) is 2.56. The van der Waals surface area contributed by atoms with E-state index in [0.717, 1.165) is 25.9 Å². The molecular formula is C10H19NO2. The van der Waals surface area contributed by atoms with Crippen LogP contribution in [-0.4, -0.2) is 42.0 Å². The van der Waals surface area contributed by atoms with E-state index in [-0.39, 0.29) is 6.61 Å². The molecule has 0 spiro atoms. The highest BCUT2D eigenvalue weighted by Crippen LogP contribution is 2.14. The predicted molar refractivity (Wildman–Crippen MR) is 51.5 cm³/mol. The van der Waals surface area contributed by atoms with E-state index in [2.05, 4.69) is 4.90 Å². The minimum absolute atomic E-state index is 0.262. The van der Waals surface area contributed by atoms with E-state index in [0.29, 0.717) is 24.7 Å². The van der Waals surface area contributed by atoms with Gasteiger partial charge in [0, 0.05) is 19.6 Å². The van der Waals surface area contributed by atoms with Crippen molar-refractivity contribution in [1.29, 1.82) is 0 Å². The molecule has 0 saturated carbocycles. The second-order valence-electron chi connectivity index (χ2n) is 3.86. The number of aliphatic hydroxyl groups excluding tert-OH is 1. The number of carbonyl (C=O) groups excluding carboxylic acids is 1. The fourth-order valence-corrected chi connectivity index (χ4v) is 1.81. The van der Waals surface area contributed by atoms with Gasteiger partial charge in [0.25, 0.3) is 0 Å². The summed E-state index contributed by atoms with van der Waals surface area (Å²) in [6.45, 7) is 4.74. The van der Waals surface area contributed by atoms with E-state index in [1.165, 1.54) is 0 Å². The maximum Gasteiger partial charge on any atom is 0.146 e. The molecule has 1 fully saturated rings. The van der Waals surface area contributed by atoms with Crippen molar-refractivity contribution in [1.82, 2.24) is 4.90 Å². The van der Waals surface area contributed by atoms with E-state index in [1.807, 2.05) is 6.92 Å². The maximum absolute atomic E-state index is 11.3. The summed E-state index contributed by atoms with van der Waals surface area (Å²) in [5.74, 6) is 0.732. The third kappa shape index (κ3) is 3.44. The number of likely N-dealkylation sites (tertiary alicyclic amines) is 1. The van der Waals surface area contributed by atoms with E-state index in [4.69, 9.17) is 5.11 Å². The number of nitrogens with zero attached hydrogens (tertiary/aromatic N) is 1. The van der Waals surface area contributed by atoms with Crippen LogP contribution in [0.4, 0.5) is 0 Å². The van der Waals surface area contributed by atoms with Gasteiger partial charge in [-0.1, -0.05) is 6.92 Å². The molecule has 1 atom stereocenters. The zero-order valence-corrected chi connectivity index (χ0v) is 8.33. The normalized spacial score (nSPS) is 23.7. The summed E-state index contributed by atoms with van der Waals surface area (Å²) >= 11 is 0. The molecule has 1 aliphatic rings. The van der Waals surface area contributed by atoms with Gasteiger partial charge in [-0.2, -0.15) is 0 Å². The van der Waals surface area contributed by atoms with E-state index in [1.54, 1.807) is 0 Å². The SMILES string of the molecule is CCCC(=O)CN1CCC(CO)C1. The zero-order valence-electron chi connectivity index (χ0n) is 8.33. The van der Waals surface area contributed by atoms with Crippen molar-refractivity contribution in [2.45, 2.75) is 26.2 Å². The largest absolute Gasteiger partial charge is 0.396 e. The first-order valence-corrected chi connectivity index (χ1v) is 5.11. The van der Waals surface area contributed by atoms with Gasteiger partial charge in [0.1, 0.15) is 5.78 Å². The summed E-state index contributed by atoms with van der Waals surface area (Å²) in [5, 5.41) is 8.91. The van der Waals surface area contributed by atoms with Crippen LogP contribution in [0.5, 0.6) is 0 Å². The van der Waals surface area contributed by atoms with Crippen LogP contribution in [0.2, 0.25) is 0 Å². The Kier molecular flexibility index (Phi) is 4.39. The van der Waals surface area contributed by atoms with Gasteiger partial charge in [0.05, 0.1) is 6.54 Å². The molecule has 0 aromatic carbocycles. The number of carbonyl (C=O) groups is 1. The zero-order chi connectivity index (χ0) is 9.68. The van der Waals surface area contributed by atoms with Crippen LogP contribution in [0.15, 0.2) is 0 Å². The fraction of sp³-hybridized carbons (Fsp3) is 0.900. The maximum atomic E-state index is 11.3. The molecule has 1 heterocycles. The Balaban J connectivity index is 2.19. The number of rotatable bonds is 5. The highest BCUT2D eigenvalue weighted by molar-refractivity contribution is 5.80. The average molecular weight is 185 g/mol. The van der Waals surface area contributed by atoms with Crippen LogP contribution in [0.1, 0.15) is 26.2 Å². The predicted octanol–water partition coefficient (Wildman–Crippen LogP) is 0.670. The Morgan fingerprint density at radius 3 is 2.92 bits per heavy atom. The summed E-state index contributed by atoms with van der Waals surface area (Å²) in [6.07, 6.45) is 2.67. The topological polar surface area (TPSA) is 40.5 Å². The Morgan fingerprint density at radius 2 is 2.38 bits per heavy atom. The van der Waals surface area contributed by atoms with Crippen LogP contribution in [0.3, 0.4) is 0 Å². The first-order chi connectivity index (χ1) is 6.26. The number of Topliss-reactive ketones (excluding diaryl/α,β-unsaturated/α-hetero) is 1. The van der Waals surface area contributed by atoms with Crippen LogP contribution < -0.4 is 0 Å². The van der Waals surface area contributed by atoms with Crippen molar-refractivity contribution >= 4 is 5.78 Å². The number of aliphatic hydroxyl groups is 1. The lowest BCUT2D eigenvalue weighted by Gasteiger charge is -2.13. The number of hydrogen-bond donors (Lipinski definition) is 1. The molecule has 1 aliphatic heterocycles. The highest BCUT2D eigenvalue weighted by atomic mass is 16.3. The molecule has 0 aliphatic carbocycles. The van der Waals surface area contributed by atoms with Crippen LogP contribution >= 0.6 is 0 Å². The van der Waals surface area contributed by atoms with Crippen LogP contribution in [0, 0.1) is 5.92 Å². The molecular weight excluding hydrogens is 166 g/mol. The molecule has 3 nitrogen and oxygen atoms in total. The molecule has 0 aromatic heterocycles. The van der Waals surface area contributed by atoms with Crippen molar-refractivity contribution in [2.75, 3.05) is 26.2 Å². The second-order valence-corrected chi connectivity index (χ2v) is 3.86. The van der Waals surface area contributed by atoms with Gasteiger partial charge in [-0.15, -0.1) is 0 Å². The minimum atomic E-state index is 0.262. The third-order valence-electron chi connectivity index (χ3n) is 2.56. The molecule has 1 saturated heterocycles. The monoisotopic (exact) mass is 185 g/mol. The quantitative estimate of drug-likeness (QED) is 0.684. The molecule has 1 rings (SSSR count). The molecule has 13 heavy (non-hydrogen) atoms. The van der Waals surface area contributed by atoms with Gasteiger partial charge in [-0.3, -0.25) is 9.69 Å². The summed E-state index contributed by atoms with van der Waals surface area (Å²) in [7, 11) is 0. The van der Waals surface area contributed by atoms with Gasteiger partial charge in [-0.05, 0) is 25.3 Å². The smallest absolute Gasteiger partial charge is 0.146 e. The van der Waals surface area contributed by atoms with Crippen LogP contribution in [0.25, 0.3) is 0 Å². The molecule has 0 bridgehead atoms. The first kappa shape index (κ1) is 10.7. The lowest BCUT2D eigenvalue weighted by molar-refractivity contribution is -0.120. The van der Waals surface area contributed by atoms with Crippen molar-refractivity contribution in [3.8, 4) is 0 Å². The van der Waals surface area contributed by atoms with Crippen molar-refractivity contribution in [3.63, 3.8) is 0 Å². The Bertz CT molecular complexity index is 170. The Hall–Kier alpha value is -0.410. The fourth-order valence-electron chi connectivity index (χ4n) is 1.81. The number of ketones is 1. The molecule has 76 valence electrons. The molecule has 3 heteroatoms. The Labute approximate surface area is 79.7 Å². The average Bonchev–Trinajstić information content (AvgIpc) is 2.52. The molecule has 0 radical (unpaired) electrons. The van der Waals surface area contributed by atoms with E-state index < -0.39 is 0 Å². The summed E-state index contributed by atoms with van der Waals surface area (Å²) in [5.41, 5.74) is 0. The molecule has 1 N–H and O–H groups in total. The molecule has 1 unspecified atom stereocenters. The summed E-state index contributed by atoms with van der Waals surface area (Å²) in [4.78, 5) is 13.4. The molecule has 0 aromatic rings. The standard InChI is InChI=1S/C10H19NO2/c1-2-3-10(13)7-11-5-4-9(6-11)8-12/h9,12H,2-8H2,1H3. The number of hydrogen-bond acceptors (Lipinski definition) is 3. The summed E-state index contributed by atoms with van der Waals surface area (Å²) < 4.78 is 0. The van der Waals surface area contributed by atoms with Crippen molar-refractivity contribution in [2.24, 2.45) is 5.92 Å². The van der Waals surface area contributed by atoms with Gasteiger partial charge in [0.2, 0.25) is 0 Å².